The van der Waals surface area contributed by atoms with E-state index in [1.807, 2.05) is 0 Å². The minimum atomic E-state index is -0.357. The minimum absolute atomic E-state index is 0.138. The van der Waals surface area contributed by atoms with Crippen molar-refractivity contribution in [2.45, 2.75) is 0 Å². The quantitative estimate of drug-likeness (QED) is 0.632. The Morgan fingerprint density at radius 3 is 2.53 bits per heavy atom. The number of rotatable bonds is 1. The van der Waals surface area contributed by atoms with Gasteiger partial charge in [0, 0.05) is 5.56 Å². The second kappa shape index (κ2) is 3.66. The molecular weight excluding hydrogens is 214 g/mol. The fourth-order valence-electron chi connectivity index (χ4n) is 1.16. The van der Waals surface area contributed by atoms with Gasteiger partial charge in [-0.05, 0) is 36.5 Å². The van der Waals surface area contributed by atoms with Crippen LogP contribution in [0.25, 0.3) is 11.3 Å². The van der Waals surface area contributed by atoms with E-state index in [0.29, 0.717) is 5.56 Å². The lowest BCUT2D eigenvalue weighted by molar-refractivity contribution is 0.475. The maximum atomic E-state index is 11.5. The van der Waals surface area contributed by atoms with Crippen LogP contribution in [0.5, 0.6) is 5.75 Å². The van der Waals surface area contributed by atoms with Gasteiger partial charge in [-0.15, -0.1) is 0 Å². The standard InChI is InChI=1S/C9H7N3O2S/c13-6-3-1-5(2-4-6)7-8(14)10-9(15)12-11-7/h1-4,13H,(H2,10,12,14,15). The van der Waals surface area contributed by atoms with E-state index in [-0.39, 0.29) is 21.8 Å². The highest BCUT2D eigenvalue weighted by Crippen LogP contribution is 2.15. The van der Waals surface area contributed by atoms with E-state index in [1.54, 1.807) is 12.1 Å². The Labute approximate surface area is 89.4 Å². The maximum absolute atomic E-state index is 11.5. The van der Waals surface area contributed by atoms with Crippen LogP contribution in [0.3, 0.4) is 0 Å². The number of hydrogen-bond acceptors (Lipinski definition) is 4. The van der Waals surface area contributed by atoms with E-state index in [2.05, 4.69) is 15.2 Å². The van der Waals surface area contributed by atoms with Crippen molar-refractivity contribution in [1.82, 2.24) is 15.2 Å². The average molecular weight is 221 g/mol. The second-order valence-corrected chi connectivity index (χ2v) is 3.31. The Kier molecular flexibility index (Phi) is 2.34. The molecule has 0 saturated carbocycles. The minimum Gasteiger partial charge on any atom is -0.508 e. The summed E-state index contributed by atoms with van der Waals surface area (Å²) >= 11 is 4.72. The lowest BCUT2D eigenvalue weighted by Crippen LogP contribution is -2.12. The molecule has 0 aliphatic carbocycles. The van der Waals surface area contributed by atoms with Crippen molar-refractivity contribution in [2.24, 2.45) is 0 Å². The normalized spacial score (nSPS) is 10.1. The Hall–Kier alpha value is -1.95. The summed E-state index contributed by atoms with van der Waals surface area (Å²) in [7, 11) is 0. The lowest BCUT2D eigenvalue weighted by atomic mass is 10.1. The van der Waals surface area contributed by atoms with Crippen LogP contribution in [0.2, 0.25) is 0 Å². The third-order valence-corrected chi connectivity index (χ3v) is 2.05. The SMILES string of the molecule is O=c1[nH]c(=S)[nH]nc1-c1ccc(O)cc1. The smallest absolute Gasteiger partial charge is 0.278 e. The highest BCUT2D eigenvalue weighted by Gasteiger charge is 2.04. The van der Waals surface area contributed by atoms with Crippen molar-refractivity contribution in [3.8, 4) is 17.0 Å². The molecule has 0 aliphatic heterocycles. The van der Waals surface area contributed by atoms with Crippen molar-refractivity contribution in [3.63, 3.8) is 0 Å². The predicted octanol–water partition coefficient (Wildman–Crippen LogP) is 1.20. The van der Waals surface area contributed by atoms with Gasteiger partial charge in [-0.1, -0.05) is 0 Å². The molecule has 0 unspecified atom stereocenters. The molecule has 0 spiro atoms. The number of aromatic nitrogens is 3. The molecule has 2 rings (SSSR count). The zero-order chi connectivity index (χ0) is 10.8. The van der Waals surface area contributed by atoms with Crippen molar-refractivity contribution in [1.29, 1.82) is 0 Å². The molecule has 2 aromatic rings. The molecule has 3 N–H and O–H groups in total. The van der Waals surface area contributed by atoms with Gasteiger partial charge in [0.05, 0.1) is 0 Å². The zero-order valence-electron chi connectivity index (χ0n) is 7.52. The Bertz CT molecular complexity index is 585. The van der Waals surface area contributed by atoms with Gasteiger partial charge in [-0.2, -0.15) is 5.10 Å². The number of nitrogens with one attached hydrogen (secondary N) is 2. The lowest BCUT2D eigenvalue weighted by Gasteiger charge is -1.98. The maximum Gasteiger partial charge on any atom is 0.278 e. The van der Waals surface area contributed by atoms with Gasteiger partial charge in [0.1, 0.15) is 5.75 Å². The highest BCUT2D eigenvalue weighted by atomic mass is 32.1. The van der Waals surface area contributed by atoms with Gasteiger partial charge in [-0.3, -0.25) is 14.9 Å². The number of H-pyrrole nitrogens is 2. The summed E-state index contributed by atoms with van der Waals surface area (Å²) in [5.74, 6) is 0.138. The highest BCUT2D eigenvalue weighted by molar-refractivity contribution is 7.71. The van der Waals surface area contributed by atoms with Crippen LogP contribution in [0.15, 0.2) is 29.1 Å². The van der Waals surface area contributed by atoms with E-state index in [0.717, 1.165) is 0 Å². The summed E-state index contributed by atoms with van der Waals surface area (Å²) in [6.07, 6.45) is 0. The van der Waals surface area contributed by atoms with Crippen LogP contribution < -0.4 is 5.56 Å². The van der Waals surface area contributed by atoms with E-state index in [1.165, 1.54) is 12.1 Å². The molecule has 6 heteroatoms. The van der Waals surface area contributed by atoms with Gasteiger partial charge < -0.3 is 5.11 Å². The number of aromatic amines is 2. The molecule has 0 amide bonds. The topological polar surface area (TPSA) is 81.8 Å². The zero-order valence-corrected chi connectivity index (χ0v) is 8.34. The van der Waals surface area contributed by atoms with Gasteiger partial charge in [0.2, 0.25) is 0 Å². The average Bonchev–Trinajstić information content (AvgIpc) is 2.20. The summed E-state index contributed by atoms with van der Waals surface area (Å²) in [6, 6.07) is 6.17. The van der Waals surface area contributed by atoms with Crippen molar-refractivity contribution in [3.05, 3.63) is 39.4 Å². The molecule has 1 heterocycles. The summed E-state index contributed by atoms with van der Waals surface area (Å²) in [5.41, 5.74) is 0.494. The molecular formula is C9H7N3O2S. The summed E-state index contributed by atoms with van der Waals surface area (Å²) in [5, 5.41) is 15.4. The van der Waals surface area contributed by atoms with Gasteiger partial charge in [-0.25, -0.2) is 0 Å². The van der Waals surface area contributed by atoms with Crippen LogP contribution in [0, 0.1) is 4.77 Å². The van der Waals surface area contributed by atoms with Gasteiger partial charge in [0.15, 0.2) is 10.5 Å². The molecule has 15 heavy (non-hydrogen) atoms. The molecule has 0 atom stereocenters. The molecule has 76 valence electrons. The molecule has 1 aromatic carbocycles. The van der Waals surface area contributed by atoms with Crippen LogP contribution in [0.1, 0.15) is 0 Å². The first-order chi connectivity index (χ1) is 7.16. The Morgan fingerprint density at radius 2 is 1.93 bits per heavy atom. The van der Waals surface area contributed by atoms with Gasteiger partial charge in [0.25, 0.3) is 5.56 Å². The molecule has 0 fully saturated rings. The van der Waals surface area contributed by atoms with E-state index < -0.39 is 0 Å². The number of phenolic OH excluding ortho intramolecular Hbond substituents is 1. The second-order valence-electron chi connectivity index (χ2n) is 2.90. The largest absolute Gasteiger partial charge is 0.508 e. The van der Waals surface area contributed by atoms with Crippen LogP contribution in [-0.2, 0) is 0 Å². The third kappa shape index (κ3) is 1.94. The summed E-state index contributed by atoms with van der Waals surface area (Å²) < 4.78 is 0.183. The molecule has 0 radical (unpaired) electrons. The van der Waals surface area contributed by atoms with Gasteiger partial charge >= 0.3 is 0 Å². The number of phenols is 1. The molecule has 1 aromatic heterocycles. The molecule has 0 saturated heterocycles. The molecule has 0 aliphatic rings. The first-order valence-corrected chi connectivity index (χ1v) is 4.56. The summed E-state index contributed by atoms with van der Waals surface area (Å²) in [4.78, 5) is 13.9. The van der Waals surface area contributed by atoms with Crippen LogP contribution in [0.4, 0.5) is 0 Å². The fraction of sp³-hybridized carbons (Fsp3) is 0. The van der Waals surface area contributed by atoms with E-state index in [4.69, 9.17) is 17.3 Å². The van der Waals surface area contributed by atoms with Crippen molar-refractivity contribution >= 4 is 12.2 Å². The van der Waals surface area contributed by atoms with Crippen LogP contribution >= 0.6 is 12.2 Å². The Morgan fingerprint density at radius 1 is 1.27 bits per heavy atom. The number of aromatic hydroxyl groups is 1. The number of hydrogen-bond donors (Lipinski definition) is 3. The first-order valence-electron chi connectivity index (χ1n) is 4.15. The van der Waals surface area contributed by atoms with Crippen LogP contribution in [-0.4, -0.2) is 20.3 Å². The third-order valence-electron chi connectivity index (χ3n) is 1.85. The Balaban J connectivity index is 2.59. The monoisotopic (exact) mass is 221 g/mol. The number of nitrogens with zero attached hydrogens (tertiary/aromatic N) is 1. The van der Waals surface area contributed by atoms with Crippen molar-refractivity contribution < 1.29 is 5.11 Å². The van der Waals surface area contributed by atoms with E-state index >= 15 is 0 Å². The fourth-order valence-corrected chi connectivity index (χ4v) is 1.30. The molecule has 0 bridgehead atoms. The number of benzene rings is 1. The van der Waals surface area contributed by atoms with E-state index in [9.17, 15) is 4.79 Å². The summed E-state index contributed by atoms with van der Waals surface area (Å²) in [6.45, 7) is 0. The first kappa shape index (κ1) is 9.60. The molecule has 5 nitrogen and oxygen atoms in total. The van der Waals surface area contributed by atoms with Crippen molar-refractivity contribution in [2.75, 3.05) is 0 Å². The predicted molar refractivity (Wildman–Crippen MR) is 57.1 cm³/mol.